The minimum absolute atomic E-state index is 0.314. The van der Waals surface area contributed by atoms with Crippen LogP contribution in [0.1, 0.15) is 44.5 Å². The second kappa shape index (κ2) is 19.1. The van der Waals surface area contributed by atoms with Crippen molar-refractivity contribution in [2.45, 2.75) is 55.4 Å². The number of hydrogen-bond donors (Lipinski definition) is 0. The monoisotopic (exact) mass is 988 g/mol. The lowest BCUT2D eigenvalue weighted by atomic mass is 9.89. The summed E-state index contributed by atoms with van der Waals surface area (Å²) >= 11 is 0. The van der Waals surface area contributed by atoms with Crippen molar-refractivity contribution in [3.05, 3.63) is 262 Å². The van der Waals surface area contributed by atoms with Gasteiger partial charge >= 0.3 is 0 Å². The molecule has 0 aliphatic heterocycles. The molecule has 0 aliphatic carbocycles. The third kappa shape index (κ3) is 8.35. The van der Waals surface area contributed by atoms with Crippen molar-refractivity contribution in [1.82, 2.24) is 0 Å². The molecule has 0 saturated heterocycles. The predicted octanol–water partition coefficient (Wildman–Crippen LogP) is 20.9. The Morgan fingerprint density at radius 3 is 0.829 bits per heavy atom. The number of aryl methyl sites for hydroxylation is 8. The van der Waals surface area contributed by atoms with E-state index in [2.05, 4.69) is 223 Å². The van der Waals surface area contributed by atoms with Gasteiger partial charge in [0.1, 0.15) is 11.6 Å². The molecule has 0 heterocycles. The Labute approximate surface area is 445 Å². The number of hydrogen-bond acceptors (Lipinski definition) is 2. The van der Waals surface area contributed by atoms with E-state index in [-0.39, 0.29) is 11.6 Å². The highest BCUT2D eigenvalue weighted by Crippen LogP contribution is 2.50. The van der Waals surface area contributed by atoms with Crippen molar-refractivity contribution in [1.29, 1.82) is 0 Å². The van der Waals surface area contributed by atoms with Crippen LogP contribution >= 0.6 is 0 Å². The molecule has 0 amide bonds. The van der Waals surface area contributed by atoms with Crippen LogP contribution in [-0.2, 0) is 0 Å². The quantitative estimate of drug-likeness (QED) is 0.126. The van der Waals surface area contributed by atoms with E-state index in [1.807, 2.05) is 12.1 Å². The molecule has 76 heavy (non-hydrogen) atoms. The Bertz CT molecular complexity index is 3770. The summed E-state index contributed by atoms with van der Waals surface area (Å²) in [7, 11) is 0. The number of anilines is 6. The Hall–Kier alpha value is -8.86. The van der Waals surface area contributed by atoms with Gasteiger partial charge in [-0.15, -0.1) is 0 Å². The Balaban J connectivity index is 1.13. The molecule has 2 nitrogen and oxygen atoms in total. The summed E-state index contributed by atoms with van der Waals surface area (Å²) in [4.78, 5) is 4.47. The van der Waals surface area contributed by atoms with E-state index in [1.54, 1.807) is 24.3 Å². The Morgan fingerprint density at radius 2 is 0.539 bits per heavy atom. The summed E-state index contributed by atoms with van der Waals surface area (Å²) in [6, 6.07) is 71.1. The zero-order valence-corrected chi connectivity index (χ0v) is 44.3. The summed E-state index contributed by atoms with van der Waals surface area (Å²) in [6.45, 7) is 17.4. The SMILES string of the molecule is Cc1cccc(C)c1-c1cc(-c2c(C)cccc2C)cc(N(c2cccc(F)c2)c2ccc3ccc4c(N(c5cccc(F)c5)c5cc(-c6c(C)cccc6C)cc(-c6c(C)cccc6C)c5)ccc5ccc2c3c54)c1. The molecular formula is C72H58F2N2. The maximum Gasteiger partial charge on any atom is 0.125 e. The summed E-state index contributed by atoms with van der Waals surface area (Å²) in [5.74, 6) is -0.629. The third-order valence-corrected chi connectivity index (χ3v) is 15.7. The highest BCUT2D eigenvalue weighted by molar-refractivity contribution is 6.28. The molecule has 0 N–H and O–H groups in total. The van der Waals surface area contributed by atoms with Crippen LogP contribution in [0.5, 0.6) is 0 Å². The summed E-state index contributed by atoms with van der Waals surface area (Å²) in [5, 5.41) is 6.40. The lowest BCUT2D eigenvalue weighted by Gasteiger charge is -2.30. The van der Waals surface area contributed by atoms with Gasteiger partial charge in [-0.05, 0) is 251 Å². The van der Waals surface area contributed by atoms with E-state index in [4.69, 9.17) is 0 Å². The number of halogens is 2. The van der Waals surface area contributed by atoms with E-state index in [9.17, 15) is 0 Å². The molecule has 0 aromatic heterocycles. The molecule has 0 atom stereocenters. The van der Waals surface area contributed by atoms with E-state index in [1.165, 1.54) is 78.9 Å². The van der Waals surface area contributed by atoms with Gasteiger partial charge < -0.3 is 9.80 Å². The van der Waals surface area contributed by atoms with Crippen molar-refractivity contribution >= 4 is 66.4 Å². The molecule has 12 aromatic carbocycles. The Kier molecular flexibility index (Phi) is 12.1. The zero-order chi connectivity index (χ0) is 52.5. The summed E-state index contributed by atoms with van der Waals surface area (Å²) < 4.78 is 31.6. The van der Waals surface area contributed by atoms with Crippen molar-refractivity contribution in [2.24, 2.45) is 0 Å². The fourth-order valence-corrected chi connectivity index (χ4v) is 12.4. The van der Waals surface area contributed by atoms with E-state index < -0.39 is 0 Å². The molecule has 0 bridgehead atoms. The van der Waals surface area contributed by atoms with Crippen LogP contribution in [0.15, 0.2) is 206 Å². The summed E-state index contributed by atoms with van der Waals surface area (Å²) in [6.07, 6.45) is 0. The van der Waals surface area contributed by atoms with Crippen LogP contribution in [-0.4, -0.2) is 0 Å². The van der Waals surface area contributed by atoms with Gasteiger partial charge in [0.15, 0.2) is 0 Å². The predicted molar refractivity (Wildman–Crippen MR) is 319 cm³/mol. The van der Waals surface area contributed by atoms with Gasteiger partial charge in [-0.1, -0.05) is 121 Å². The normalized spacial score (nSPS) is 11.6. The van der Waals surface area contributed by atoms with Crippen LogP contribution in [0, 0.1) is 67.0 Å². The fraction of sp³-hybridized carbons (Fsp3) is 0.111. The molecule has 0 saturated carbocycles. The van der Waals surface area contributed by atoms with Gasteiger partial charge in [-0.25, -0.2) is 8.78 Å². The van der Waals surface area contributed by atoms with Gasteiger partial charge in [-0.3, -0.25) is 0 Å². The first-order chi connectivity index (χ1) is 36.8. The standard InChI is InChI=1S/C72H58F2N2/c1-43-15-9-16-44(2)67(43)53-35-54(68-45(3)17-10-18-46(68)4)38-61(37-53)75(59-25-13-23-57(73)41-59)65-33-29-51-28-32-64-66(34-30-52-27-31-63(65)71(51)72(52)64)76(60-26-14-24-58(74)42-60)62-39-55(69-47(5)19-11-20-48(69)6)36-56(40-62)70-49(7)21-12-22-50(70)8/h9-42H,1-8H3. The first-order valence-electron chi connectivity index (χ1n) is 26.2. The van der Waals surface area contributed by atoms with Crippen LogP contribution in [0.4, 0.5) is 42.9 Å². The van der Waals surface area contributed by atoms with Gasteiger partial charge in [0.25, 0.3) is 0 Å². The molecule has 4 heteroatoms. The molecular weight excluding hydrogens is 931 g/mol. The van der Waals surface area contributed by atoms with Crippen LogP contribution < -0.4 is 9.80 Å². The second-order valence-electron chi connectivity index (χ2n) is 20.8. The van der Waals surface area contributed by atoms with Crippen molar-refractivity contribution in [2.75, 3.05) is 9.80 Å². The molecule has 12 rings (SSSR count). The first-order valence-corrected chi connectivity index (χ1v) is 26.2. The summed E-state index contributed by atoms with van der Waals surface area (Å²) in [5.41, 5.74) is 23.7. The van der Waals surface area contributed by atoms with Crippen LogP contribution in [0.3, 0.4) is 0 Å². The van der Waals surface area contributed by atoms with Gasteiger partial charge in [-0.2, -0.15) is 0 Å². The van der Waals surface area contributed by atoms with Gasteiger partial charge in [0.2, 0.25) is 0 Å². The maximum absolute atomic E-state index is 15.8. The number of benzene rings is 12. The largest absolute Gasteiger partial charge is 0.310 e. The lowest BCUT2D eigenvalue weighted by Crippen LogP contribution is -2.12. The average Bonchev–Trinajstić information content (AvgIpc) is 3.40. The zero-order valence-electron chi connectivity index (χ0n) is 44.3. The molecule has 0 aliphatic rings. The van der Waals surface area contributed by atoms with Gasteiger partial charge in [0.05, 0.1) is 11.4 Å². The fourth-order valence-electron chi connectivity index (χ4n) is 12.4. The highest BCUT2D eigenvalue weighted by Gasteiger charge is 2.25. The highest BCUT2D eigenvalue weighted by atomic mass is 19.1. The van der Waals surface area contributed by atoms with Crippen molar-refractivity contribution in [3.8, 4) is 44.5 Å². The van der Waals surface area contributed by atoms with E-state index in [0.29, 0.717) is 11.4 Å². The van der Waals surface area contributed by atoms with Gasteiger partial charge in [0, 0.05) is 33.5 Å². The molecule has 0 spiro atoms. The van der Waals surface area contributed by atoms with E-state index in [0.717, 1.165) is 77.3 Å². The first kappa shape index (κ1) is 48.1. The smallest absolute Gasteiger partial charge is 0.125 e. The van der Waals surface area contributed by atoms with Crippen molar-refractivity contribution in [3.63, 3.8) is 0 Å². The van der Waals surface area contributed by atoms with Crippen LogP contribution in [0.2, 0.25) is 0 Å². The number of nitrogens with zero attached hydrogens (tertiary/aromatic N) is 2. The van der Waals surface area contributed by atoms with E-state index >= 15 is 8.78 Å². The number of rotatable bonds is 10. The molecule has 12 aromatic rings. The molecule has 0 radical (unpaired) electrons. The van der Waals surface area contributed by atoms with Crippen molar-refractivity contribution < 1.29 is 8.78 Å². The second-order valence-corrected chi connectivity index (χ2v) is 20.8. The lowest BCUT2D eigenvalue weighted by molar-refractivity contribution is 0.627. The average molecular weight is 989 g/mol. The minimum Gasteiger partial charge on any atom is -0.310 e. The molecule has 370 valence electrons. The topological polar surface area (TPSA) is 6.48 Å². The molecule has 0 fully saturated rings. The molecule has 0 unspecified atom stereocenters. The van der Waals surface area contributed by atoms with Crippen LogP contribution in [0.25, 0.3) is 76.8 Å². The third-order valence-electron chi connectivity index (χ3n) is 15.7. The Morgan fingerprint density at radius 1 is 0.263 bits per heavy atom. The minimum atomic E-state index is -0.314. The maximum atomic E-state index is 15.8.